The van der Waals surface area contributed by atoms with Crippen molar-refractivity contribution in [3.63, 3.8) is 0 Å². The van der Waals surface area contributed by atoms with Gasteiger partial charge in [0.15, 0.2) is 0 Å². The van der Waals surface area contributed by atoms with E-state index in [1.165, 1.54) is 0 Å². The van der Waals surface area contributed by atoms with Crippen molar-refractivity contribution >= 4 is 11.7 Å². The van der Waals surface area contributed by atoms with Crippen molar-refractivity contribution in [3.05, 3.63) is 30.3 Å². The third kappa shape index (κ3) is 3.46. The normalized spacial score (nSPS) is 18.4. The van der Waals surface area contributed by atoms with Gasteiger partial charge in [0.2, 0.25) is 0 Å². The quantitative estimate of drug-likeness (QED) is 0.731. The van der Waals surface area contributed by atoms with Crippen LogP contribution in [-0.4, -0.2) is 24.7 Å². The summed E-state index contributed by atoms with van der Waals surface area (Å²) in [5, 5.41) is 9.19. The molecule has 0 atom stereocenters. The largest absolute Gasteiger partial charge is 0.333 e. The van der Waals surface area contributed by atoms with Crippen LogP contribution in [0.3, 0.4) is 0 Å². The highest BCUT2D eigenvalue weighted by Gasteiger charge is 2.28. The van der Waals surface area contributed by atoms with Crippen LogP contribution in [0.15, 0.2) is 30.3 Å². The van der Waals surface area contributed by atoms with Crippen LogP contribution in [0, 0.1) is 0 Å². The molecule has 3 N–H and O–H groups in total. The van der Waals surface area contributed by atoms with Crippen molar-refractivity contribution in [2.24, 2.45) is 0 Å². The Bertz CT molecular complexity index is 372. The minimum Gasteiger partial charge on any atom is -0.333 e. The van der Waals surface area contributed by atoms with E-state index in [4.69, 9.17) is 0 Å². The van der Waals surface area contributed by atoms with Crippen LogP contribution >= 0.6 is 0 Å². The molecule has 4 heteroatoms. The van der Waals surface area contributed by atoms with Crippen LogP contribution in [0.1, 0.15) is 19.8 Å². The van der Waals surface area contributed by atoms with Gasteiger partial charge in [0, 0.05) is 11.2 Å². The van der Waals surface area contributed by atoms with E-state index >= 15 is 0 Å². The molecule has 1 heterocycles. The number of hydrogen-bond acceptors (Lipinski definition) is 2. The van der Waals surface area contributed by atoms with Crippen LogP contribution in [0.5, 0.6) is 0 Å². The standard InChI is InChI=1S/C13H19N3O/c1-13(7-9-14-10-8-13)16-12(17)15-11-5-3-2-4-6-11/h2-6,14H,7-10H2,1H3,(H2,15,16,17). The van der Waals surface area contributed by atoms with Gasteiger partial charge >= 0.3 is 6.03 Å². The second kappa shape index (κ2) is 5.19. The Labute approximate surface area is 102 Å². The van der Waals surface area contributed by atoms with Crippen molar-refractivity contribution in [3.8, 4) is 0 Å². The summed E-state index contributed by atoms with van der Waals surface area (Å²) in [6.45, 7) is 4.02. The number of amides is 2. The molecule has 1 fully saturated rings. The molecule has 1 aromatic rings. The van der Waals surface area contributed by atoms with E-state index in [9.17, 15) is 4.79 Å². The SMILES string of the molecule is CC1(NC(=O)Nc2ccccc2)CCNCC1. The minimum atomic E-state index is -0.124. The van der Waals surface area contributed by atoms with E-state index in [0.29, 0.717) is 0 Å². The summed E-state index contributed by atoms with van der Waals surface area (Å²) in [7, 11) is 0. The van der Waals surface area contributed by atoms with Crippen LogP contribution in [0.4, 0.5) is 10.5 Å². The third-order valence-electron chi connectivity index (χ3n) is 3.15. The second-order valence-corrected chi connectivity index (χ2v) is 4.76. The molecule has 0 radical (unpaired) electrons. The molecule has 0 aliphatic carbocycles. The molecule has 1 aliphatic heterocycles. The summed E-state index contributed by atoms with van der Waals surface area (Å²) in [6.07, 6.45) is 1.93. The Kier molecular flexibility index (Phi) is 3.64. The van der Waals surface area contributed by atoms with E-state index < -0.39 is 0 Å². The molecule has 1 aromatic carbocycles. The predicted octanol–water partition coefficient (Wildman–Crippen LogP) is 1.95. The molecule has 17 heavy (non-hydrogen) atoms. The second-order valence-electron chi connectivity index (χ2n) is 4.76. The van der Waals surface area contributed by atoms with Crippen molar-refractivity contribution in [1.29, 1.82) is 0 Å². The van der Waals surface area contributed by atoms with Gasteiger partial charge in [-0.3, -0.25) is 0 Å². The van der Waals surface area contributed by atoms with Crippen LogP contribution in [-0.2, 0) is 0 Å². The zero-order valence-corrected chi connectivity index (χ0v) is 10.1. The lowest BCUT2D eigenvalue weighted by Gasteiger charge is -2.34. The highest BCUT2D eigenvalue weighted by molar-refractivity contribution is 5.89. The Balaban J connectivity index is 1.88. The summed E-state index contributed by atoms with van der Waals surface area (Å²) < 4.78 is 0. The first-order chi connectivity index (χ1) is 8.18. The number of hydrogen-bond donors (Lipinski definition) is 3. The number of para-hydroxylation sites is 1. The summed E-state index contributed by atoms with van der Waals surface area (Å²) in [4.78, 5) is 11.8. The van der Waals surface area contributed by atoms with Gasteiger partial charge in [-0.2, -0.15) is 0 Å². The van der Waals surface area contributed by atoms with E-state index in [1.54, 1.807) is 0 Å². The van der Waals surface area contributed by atoms with Gasteiger partial charge in [0.25, 0.3) is 0 Å². The molecule has 0 aromatic heterocycles. The summed E-state index contributed by atoms with van der Waals surface area (Å²) in [6, 6.07) is 9.37. The van der Waals surface area contributed by atoms with Crippen molar-refractivity contribution in [1.82, 2.24) is 10.6 Å². The molecule has 2 amide bonds. The lowest BCUT2D eigenvalue weighted by Crippen LogP contribution is -2.53. The molecule has 1 saturated heterocycles. The smallest absolute Gasteiger partial charge is 0.319 e. The summed E-state index contributed by atoms with van der Waals surface area (Å²) in [5.74, 6) is 0. The Morgan fingerprint density at radius 1 is 1.24 bits per heavy atom. The highest BCUT2D eigenvalue weighted by Crippen LogP contribution is 2.17. The third-order valence-corrected chi connectivity index (χ3v) is 3.15. The van der Waals surface area contributed by atoms with Gasteiger partial charge in [0.05, 0.1) is 0 Å². The molecular weight excluding hydrogens is 214 g/mol. The maximum absolute atomic E-state index is 11.8. The summed E-state index contributed by atoms with van der Waals surface area (Å²) >= 11 is 0. The molecule has 92 valence electrons. The molecular formula is C13H19N3O. The Morgan fingerprint density at radius 2 is 1.88 bits per heavy atom. The number of rotatable bonds is 2. The van der Waals surface area contributed by atoms with Gasteiger partial charge in [-0.1, -0.05) is 18.2 Å². The van der Waals surface area contributed by atoms with E-state index in [2.05, 4.69) is 22.9 Å². The van der Waals surface area contributed by atoms with E-state index in [0.717, 1.165) is 31.6 Å². The first kappa shape index (κ1) is 11.9. The zero-order chi connectivity index (χ0) is 12.1. The fraction of sp³-hybridized carbons (Fsp3) is 0.462. The Morgan fingerprint density at radius 3 is 2.53 bits per heavy atom. The van der Waals surface area contributed by atoms with Gasteiger partial charge < -0.3 is 16.0 Å². The predicted molar refractivity (Wildman–Crippen MR) is 69.1 cm³/mol. The number of piperidine rings is 1. The zero-order valence-electron chi connectivity index (χ0n) is 10.1. The lowest BCUT2D eigenvalue weighted by atomic mass is 9.91. The molecule has 2 rings (SSSR count). The number of anilines is 1. The van der Waals surface area contributed by atoms with Crippen LogP contribution < -0.4 is 16.0 Å². The van der Waals surface area contributed by atoms with Crippen LogP contribution in [0.25, 0.3) is 0 Å². The Hall–Kier alpha value is -1.55. The number of urea groups is 1. The number of carbonyl (C=O) groups is 1. The molecule has 0 spiro atoms. The fourth-order valence-corrected chi connectivity index (χ4v) is 2.06. The fourth-order valence-electron chi connectivity index (χ4n) is 2.06. The first-order valence-electron chi connectivity index (χ1n) is 6.03. The molecule has 0 bridgehead atoms. The van der Waals surface area contributed by atoms with E-state index in [1.807, 2.05) is 30.3 Å². The van der Waals surface area contributed by atoms with Crippen LogP contribution in [0.2, 0.25) is 0 Å². The average molecular weight is 233 g/mol. The average Bonchev–Trinajstić information content (AvgIpc) is 2.30. The van der Waals surface area contributed by atoms with Gasteiger partial charge in [0.1, 0.15) is 0 Å². The maximum Gasteiger partial charge on any atom is 0.319 e. The van der Waals surface area contributed by atoms with Crippen molar-refractivity contribution in [2.75, 3.05) is 18.4 Å². The van der Waals surface area contributed by atoms with E-state index in [-0.39, 0.29) is 11.6 Å². The van der Waals surface area contributed by atoms with Crippen molar-refractivity contribution in [2.45, 2.75) is 25.3 Å². The van der Waals surface area contributed by atoms with Crippen molar-refractivity contribution < 1.29 is 4.79 Å². The van der Waals surface area contributed by atoms with Gasteiger partial charge in [-0.05, 0) is 45.0 Å². The summed E-state index contributed by atoms with van der Waals surface area (Å²) in [5.41, 5.74) is 0.729. The number of nitrogens with one attached hydrogen (secondary N) is 3. The topological polar surface area (TPSA) is 53.2 Å². The molecule has 0 saturated carbocycles. The lowest BCUT2D eigenvalue weighted by molar-refractivity contribution is 0.225. The monoisotopic (exact) mass is 233 g/mol. The minimum absolute atomic E-state index is 0.0931. The number of benzene rings is 1. The molecule has 0 unspecified atom stereocenters. The molecule has 1 aliphatic rings. The highest BCUT2D eigenvalue weighted by atomic mass is 16.2. The van der Waals surface area contributed by atoms with Gasteiger partial charge in [-0.25, -0.2) is 4.79 Å². The first-order valence-corrected chi connectivity index (χ1v) is 6.03. The number of carbonyl (C=O) groups excluding carboxylic acids is 1. The molecule has 4 nitrogen and oxygen atoms in total. The maximum atomic E-state index is 11.8. The van der Waals surface area contributed by atoms with Gasteiger partial charge in [-0.15, -0.1) is 0 Å².